The number of hydrogen-bond donors (Lipinski definition) is 0. The van der Waals surface area contributed by atoms with Crippen LogP contribution in [-0.2, 0) is 16.7 Å². The summed E-state index contributed by atoms with van der Waals surface area (Å²) in [5.41, 5.74) is 2.20. The SMILES string of the molecule is CC1OCCC1(C)n1ccc2c1CC(C)(C)CC2=O. The van der Waals surface area contributed by atoms with Crippen LogP contribution in [0.15, 0.2) is 12.3 Å². The Bertz CT molecular complexity index is 529. The van der Waals surface area contributed by atoms with Gasteiger partial charge in [0.25, 0.3) is 0 Å². The molecule has 3 nitrogen and oxygen atoms in total. The van der Waals surface area contributed by atoms with Gasteiger partial charge in [0.05, 0.1) is 11.6 Å². The molecular formula is C16H23NO2. The van der Waals surface area contributed by atoms with E-state index in [0.29, 0.717) is 12.2 Å². The highest BCUT2D eigenvalue weighted by molar-refractivity contribution is 5.98. The van der Waals surface area contributed by atoms with Crippen LogP contribution in [0.1, 0.15) is 56.6 Å². The smallest absolute Gasteiger partial charge is 0.165 e. The fourth-order valence-electron chi connectivity index (χ4n) is 3.56. The number of ether oxygens (including phenoxy) is 1. The molecule has 0 amide bonds. The molecule has 2 atom stereocenters. The van der Waals surface area contributed by atoms with Gasteiger partial charge in [0.15, 0.2) is 5.78 Å². The number of fused-ring (bicyclic) bond motifs is 1. The van der Waals surface area contributed by atoms with Gasteiger partial charge in [0.1, 0.15) is 0 Å². The highest BCUT2D eigenvalue weighted by Gasteiger charge is 2.42. The van der Waals surface area contributed by atoms with Crippen molar-refractivity contribution in [2.75, 3.05) is 6.61 Å². The van der Waals surface area contributed by atoms with E-state index in [2.05, 4.69) is 38.5 Å². The van der Waals surface area contributed by atoms with Crippen molar-refractivity contribution < 1.29 is 9.53 Å². The summed E-state index contributed by atoms with van der Waals surface area (Å²) in [7, 11) is 0. The number of hydrogen-bond acceptors (Lipinski definition) is 2. The van der Waals surface area contributed by atoms with Gasteiger partial charge < -0.3 is 9.30 Å². The molecule has 104 valence electrons. The van der Waals surface area contributed by atoms with Crippen LogP contribution in [0.25, 0.3) is 0 Å². The Kier molecular flexibility index (Phi) is 2.69. The number of ketones is 1. The molecule has 0 bridgehead atoms. The van der Waals surface area contributed by atoms with Gasteiger partial charge in [-0.2, -0.15) is 0 Å². The first-order chi connectivity index (χ1) is 8.83. The summed E-state index contributed by atoms with van der Waals surface area (Å²) in [5, 5.41) is 0. The molecule has 19 heavy (non-hydrogen) atoms. The van der Waals surface area contributed by atoms with Gasteiger partial charge in [-0.1, -0.05) is 13.8 Å². The van der Waals surface area contributed by atoms with Crippen molar-refractivity contribution in [3.8, 4) is 0 Å². The molecule has 0 spiro atoms. The van der Waals surface area contributed by atoms with Crippen LogP contribution in [0, 0.1) is 5.41 Å². The van der Waals surface area contributed by atoms with E-state index in [1.807, 2.05) is 6.07 Å². The van der Waals surface area contributed by atoms with E-state index in [9.17, 15) is 4.79 Å². The zero-order chi connectivity index (χ0) is 13.8. The number of carbonyl (C=O) groups excluding carboxylic acids is 1. The lowest BCUT2D eigenvalue weighted by Crippen LogP contribution is -2.39. The second-order valence-electron chi connectivity index (χ2n) is 7.11. The molecule has 2 heterocycles. The zero-order valence-corrected chi connectivity index (χ0v) is 12.3. The second kappa shape index (κ2) is 3.95. The van der Waals surface area contributed by atoms with E-state index in [1.165, 1.54) is 5.69 Å². The summed E-state index contributed by atoms with van der Waals surface area (Å²) < 4.78 is 8.07. The van der Waals surface area contributed by atoms with Gasteiger partial charge >= 0.3 is 0 Å². The first-order valence-electron chi connectivity index (χ1n) is 7.19. The minimum absolute atomic E-state index is 0.0126. The highest BCUT2D eigenvalue weighted by atomic mass is 16.5. The van der Waals surface area contributed by atoms with Crippen molar-refractivity contribution in [3.63, 3.8) is 0 Å². The van der Waals surface area contributed by atoms with E-state index in [0.717, 1.165) is 25.0 Å². The second-order valence-corrected chi connectivity index (χ2v) is 7.11. The van der Waals surface area contributed by atoms with Crippen molar-refractivity contribution >= 4 is 5.78 Å². The van der Waals surface area contributed by atoms with E-state index < -0.39 is 0 Å². The molecule has 0 aromatic carbocycles. The van der Waals surface area contributed by atoms with Crippen LogP contribution in [0.4, 0.5) is 0 Å². The summed E-state index contributed by atoms with van der Waals surface area (Å²) in [6, 6.07) is 2.00. The maximum Gasteiger partial charge on any atom is 0.165 e. The minimum Gasteiger partial charge on any atom is -0.376 e. The Morgan fingerprint density at radius 3 is 2.68 bits per heavy atom. The Hall–Kier alpha value is -1.09. The van der Waals surface area contributed by atoms with E-state index in [1.54, 1.807) is 0 Å². The maximum atomic E-state index is 12.3. The Balaban J connectivity index is 2.09. The van der Waals surface area contributed by atoms with Crippen molar-refractivity contribution in [2.24, 2.45) is 5.41 Å². The quantitative estimate of drug-likeness (QED) is 0.777. The number of aromatic nitrogens is 1. The van der Waals surface area contributed by atoms with Gasteiger partial charge in [0, 0.05) is 30.5 Å². The average Bonchev–Trinajstić information content (AvgIpc) is 2.83. The molecular weight excluding hydrogens is 238 g/mol. The average molecular weight is 261 g/mol. The lowest BCUT2D eigenvalue weighted by Gasteiger charge is -2.36. The van der Waals surface area contributed by atoms with E-state index >= 15 is 0 Å². The van der Waals surface area contributed by atoms with Gasteiger partial charge in [-0.15, -0.1) is 0 Å². The minimum atomic E-state index is -0.0126. The van der Waals surface area contributed by atoms with Crippen LogP contribution in [-0.4, -0.2) is 23.1 Å². The molecule has 2 unspecified atom stereocenters. The van der Waals surface area contributed by atoms with Crippen molar-refractivity contribution in [1.82, 2.24) is 4.57 Å². The topological polar surface area (TPSA) is 31.2 Å². The molecule has 1 aliphatic carbocycles. The van der Waals surface area contributed by atoms with Crippen LogP contribution in [0.2, 0.25) is 0 Å². The van der Waals surface area contributed by atoms with Gasteiger partial charge in [-0.05, 0) is 38.2 Å². The van der Waals surface area contributed by atoms with E-state index in [-0.39, 0.29) is 17.1 Å². The number of rotatable bonds is 1. The molecule has 3 rings (SSSR count). The predicted octanol–water partition coefficient (Wildman–Crippen LogP) is 3.17. The van der Waals surface area contributed by atoms with Gasteiger partial charge in [0.2, 0.25) is 0 Å². The number of carbonyl (C=O) groups is 1. The van der Waals surface area contributed by atoms with Crippen LogP contribution in [0.3, 0.4) is 0 Å². The predicted molar refractivity (Wildman–Crippen MR) is 74.5 cm³/mol. The monoisotopic (exact) mass is 261 g/mol. The van der Waals surface area contributed by atoms with Crippen molar-refractivity contribution in [3.05, 3.63) is 23.5 Å². The van der Waals surface area contributed by atoms with Crippen LogP contribution >= 0.6 is 0 Å². The molecule has 0 radical (unpaired) electrons. The molecule has 3 heteroatoms. The third kappa shape index (κ3) is 1.86. The number of Topliss-reactive ketones (excluding diaryl/α,β-unsaturated/α-hetero) is 1. The van der Waals surface area contributed by atoms with Crippen LogP contribution in [0.5, 0.6) is 0 Å². The third-order valence-electron chi connectivity index (χ3n) is 4.98. The Labute approximate surface area is 114 Å². The first kappa shape index (κ1) is 12.9. The van der Waals surface area contributed by atoms with Gasteiger partial charge in [-0.25, -0.2) is 0 Å². The molecule has 2 aliphatic rings. The summed E-state index contributed by atoms with van der Waals surface area (Å²) in [5.74, 6) is 0.292. The first-order valence-corrected chi connectivity index (χ1v) is 7.19. The van der Waals surface area contributed by atoms with Crippen molar-refractivity contribution in [1.29, 1.82) is 0 Å². The highest BCUT2D eigenvalue weighted by Crippen LogP contribution is 2.40. The Morgan fingerprint density at radius 1 is 1.32 bits per heavy atom. The van der Waals surface area contributed by atoms with E-state index in [4.69, 9.17) is 4.74 Å². The molecule has 1 fully saturated rings. The molecule has 1 aliphatic heterocycles. The lowest BCUT2D eigenvalue weighted by atomic mass is 9.76. The summed E-state index contributed by atoms with van der Waals surface area (Å²) in [6.07, 6.45) is 4.94. The fourth-order valence-corrected chi connectivity index (χ4v) is 3.56. The summed E-state index contributed by atoms with van der Waals surface area (Å²) >= 11 is 0. The normalized spacial score (nSPS) is 33.5. The summed E-state index contributed by atoms with van der Waals surface area (Å²) in [6.45, 7) is 9.55. The standard InChI is InChI=1S/C16H23NO2/c1-11-16(4,6-8-19-11)17-7-5-12-13(17)9-15(2,3)10-14(12)18/h5,7,11H,6,8-10H2,1-4H3. The maximum absolute atomic E-state index is 12.3. The molecule has 1 saturated heterocycles. The molecule has 0 N–H and O–H groups in total. The third-order valence-corrected chi connectivity index (χ3v) is 4.98. The zero-order valence-electron chi connectivity index (χ0n) is 12.3. The van der Waals surface area contributed by atoms with Gasteiger partial charge in [-0.3, -0.25) is 4.79 Å². The molecule has 1 aromatic heterocycles. The largest absolute Gasteiger partial charge is 0.376 e. The molecule has 1 aromatic rings. The van der Waals surface area contributed by atoms with Crippen LogP contribution < -0.4 is 0 Å². The lowest BCUT2D eigenvalue weighted by molar-refractivity contribution is 0.0729. The summed E-state index contributed by atoms with van der Waals surface area (Å²) in [4.78, 5) is 12.3. The van der Waals surface area contributed by atoms with Crippen molar-refractivity contribution in [2.45, 2.75) is 58.6 Å². The fraction of sp³-hybridized carbons (Fsp3) is 0.688. The number of nitrogens with zero attached hydrogens (tertiary/aromatic N) is 1. The molecule has 0 saturated carbocycles. The Morgan fingerprint density at radius 2 is 2.05 bits per heavy atom.